The van der Waals surface area contributed by atoms with E-state index in [1.54, 1.807) is 0 Å². The van der Waals surface area contributed by atoms with E-state index in [1.165, 1.54) is 5.56 Å². The van der Waals surface area contributed by atoms with Gasteiger partial charge in [-0.15, -0.1) is 0 Å². The molecule has 1 saturated heterocycles. The first kappa shape index (κ1) is 17.9. The Morgan fingerprint density at radius 2 is 1.67 bits per heavy atom. The van der Waals surface area contributed by atoms with Crippen LogP contribution < -0.4 is 0 Å². The first-order chi connectivity index (χ1) is 11.4. The second-order valence-corrected chi connectivity index (χ2v) is 8.15. The highest BCUT2D eigenvalue weighted by atomic mass is 16.7. The van der Waals surface area contributed by atoms with Crippen LogP contribution in [-0.2, 0) is 20.8 Å². The summed E-state index contributed by atoms with van der Waals surface area (Å²) in [6.45, 7) is 6.95. The molecule has 1 aliphatic heterocycles. The van der Waals surface area contributed by atoms with E-state index in [9.17, 15) is 5.11 Å². The molecule has 0 atom stereocenters. The van der Waals surface area contributed by atoms with Gasteiger partial charge in [0.25, 0.3) is 0 Å². The highest BCUT2D eigenvalue weighted by Gasteiger charge is 2.47. The second kappa shape index (κ2) is 7.12. The topological polar surface area (TPSA) is 47.9 Å². The van der Waals surface area contributed by atoms with Crippen LogP contribution in [0.15, 0.2) is 30.3 Å². The van der Waals surface area contributed by atoms with Crippen LogP contribution >= 0.6 is 0 Å². The van der Waals surface area contributed by atoms with Gasteiger partial charge < -0.3 is 19.3 Å². The van der Waals surface area contributed by atoms with Crippen molar-refractivity contribution in [2.45, 2.75) is 63.9 Å². The van der Waals surface area contributed by atoms with E-state index in [2.05, 4.69) is 26.0 Å². The fourth-order valence-corrected chi connectivity index (χ4v) is 4.02. The monoisotopic (exact) mass is 334 g/mol. The Bertz CT molecular complexity index is 510. The molecule has 1 aromatic rings. The van der Waals surface area contributed by atoms with E-state index in [1.807, 2.05) is 18.2 Å². The zero-order chi connectivity index (χ0) is 17.1. The predicted molar refractivity (Wildman–Crippen MR) is 92.5 cm³/mol. The maximum absolute atomic E-state index is 11.0. The van der Waals surface area contributed by atoms with Gasteiger partial charge in [-0.25, -0.2) is 0 Å². The Kier molecular flexibility index (Phi) is 5.30. The van der Waals surface area contributed by atoms with Crippen molar-refractivity contribution in [2.24, 2.45) is 5.41 Å². The van der Waals surface area contributed by atoms with Crippen LogP contribution in [0.25, 0.3) is 0 Å². The van der Waals surface area contributed by atoms with Gasteiger partial charge in [0, 0.05) is 12.8 Å². The summed E-state index contributed by atoms with van der Waals surface area (Å²) in [6.07, 6.45) is 3.77. The van der Waals surface area contributed by atoms with E-state index < -0.39 is 11.4 Å². The summed E-state index contributed by atoms with van der Waals surface area (Å²) in [5.41, 5.74) is 0.480. The molecule has 2 fully saturated rings. The largest absolute Gasteiger partial charge is 0.390 e. The third-order valence-corrected chi connectivity index (χ3v) is 5.17. The van der Waals surface area contributed by atoms with Crippen molar-refractivity contribution in [1.29, 1.82) is 0 Å². The molecule has 0 radical (unpaired) electrons. The number of hydrogen-bond donors (Lipinski definition) is 1. The lowest BCUT2D eigenvalue weighted by Crippen LogP contribution is -2.46. The predicted octanol–water partition coefficient (Wildman–Crippen LogP) is 3.67. The van der Waals surface area contributed by atoms with Crippen molar-refractivity contribution in [3.05, 3.63) is 35.9 Å². The molecule has 1 aliphatic carbocycles. The molecule has 1 aromatic carbocycles. The SMILES string of the molecule is CC(C)(COCc1ccccc1)CC1(O)CCC2(CC1)OCCO2. The molecule has 24 heavy (non-hydrogen) atoms. The molecule has 0 amide bonds. The molecule has 0 bridgehead atoms. The van der Waals surface area contributed by atoms with Gasteiger partial charge in [-0.05, 0) is 30.2 Å². The number of aliphatic hydroxyl groups is 1. The molecule has 1 heterocycles. The van der Waals surface area contributed by atoms with E-state index >= 15 is 0 Å². The minimum Gasteiger partial charge on any atom is -0.390 e. The van der Waals surface area contributed by atoms with Gasteiger partial charge in [0.1, 0.15) is 0 Å². The Morgan fingerprint density at radius 1 is 1.04 bits per heavy atom. The Labute approximate surface area is 145 Å². The summed E-state index contributed by atoms with van der Waals surface area (Å²) in [5, 5.41) is 11.0. The van der Waals surface area contributed by atoms with Crippen molar-refractivity contribution in [1.82, 2.24) is 0 Å². The normalized spacial score (nSPS) is 22.8. The van der Waals surface area contributed by atoms with Gasteiger partial charge in [0.2, 0.25) is 0 Å². The van der Waals surface area contributed by atoms with Crippen molar-refractivity contribution >= 4 is 0 Å². The molecule has 0 unspecified atom stereocenters. The van der Waals surface area contributed by atoms with Crippen molar-refractivity contribution in [3.8, 4) is 0 Å². The smallest absolute Gasteiger partial charge is 0.168 e. The zero-order valence-electron chi connectivity index (χ0n) is 14.9. The lowest BCUT2D eigenvalue weighted by Gasteiger charge is -2.43. The quantitative estimate of drug-likeness (QED) is 0.862. The Balaban J connectivity index is 1.46. The molecule has 4 nitrogen and oxygen atoms in total. The van der Waals surface area contributed by atoms with Gasteiger partial charge >= 0.3 is 0 Å². The number of benzene rings is 1. The van der Waals surface area contributed by atoms with Crippen LogP contribution in [0, 0.1) is 5.41 Å². The molecule has 134 valence electrons. The summed E-state index contributed by atoms with van der Waals surface area (Å²) < 4.78 is 17.4. The minimum atomic E-state index is -0.639. The number of rotatable bonds is 6. The second-order valence-electron chi connectivity index (χ2n) is 8.15. The van der Waals surface area contributed by atoms with Gasteiger partial charge in [0.05, 0.1) is 32.0 Å². The standard InChI is InChI=1S/C20H30O4/c1-18(2,16-22-14-17-6-4-3-5-7-17)15-19(21)8-10-20(11-9-19)23-12-13-24-20/h3-7,21H,8-16H2,1-2H3. The fourth-order valence-electron chi connectivity index (χ4n) is 4.02. The Hall–Kier alpha value is -0.940. The Morgan fingerprint density at radius 3 is 2.29 bits per heavy atom. The third-order valence-electron chi connectivity index (χ3n) is 5.17. The maximum Gasteiger partial charge on any atom is 0.168 e. The zero-order valence-corrected chi connectivity index (χ0v) is 14.9. The van der Waals surface area contributed by atoms with Crippen LogP contribution in [0.4, 0.5) is 0 Å². The summed E-state index contributed by atoms with van der Waals surface area (Å²) in [4.78, 5) is 0. The van der Waals surface area contributed by atoms with Gasteiger partial charge in [0.15, 0.2) is 5.79 Å². The van der Waals surface area contributed by atoms with Crippen molar-refractivity contribution in [3.63, 3.8) is 0 Å². The van der Waals surface area contributed by atoms with Gasteiger partial charge in [-0.1, -0.05) is 44.2 Å². The molecular weight excluding hydrogens is 304 g/mol. The number of hydrogen-bond acceptors (Lipinski definition) is 4. The average Bonchev–Trinajstić information content (AvgIpc) is 3.00. The van der Waals surface area contributed by atoms with Gasteiger partial charge in [-0.3, -0.25) is 0 Å². The van der Waals surface area contributed by atoms with E-state index in [4.69, 9.17) is 14.2 Å². The molecule has 4 heteroatoms. The maximum atomic E-state index is 11.0. The number of ether oxygens (including phenoxy) is 3. The fraction of sp³-hybridized carbons (Fsp3) is 0.700. The van der Waals surface area contributed by atoms with E-state index in [0.717, 1.165) is 32.1 Å². The molecule has 2 aliphatic rings. The lowest BCUT2D eigenvalue weighted by molar-refractivity contribution is -0.207. The molecule has 0 aromatic heterocycles. The highest BCUT2D eigenvalue weighted by Crippen LogP contribution is 2.44. The van der Waals surface area contributed by atoms with Crippen molar-refractivity contribution < 1.29 is 19.3 Å². The summed E-state index contributed by atoms with van der Waals surface area (Å²) in [7, 11) is 0. The first-order valence-corrected chi connectivity index (χ1v) is 9.03. The molecular formula is C20H30O4. The molecule has 1 N–H and O–H groups in total. The average molecular weight is 334 g/mol. The van der Waals surface area contributed by atoms with Crippen LogP contribution in [0.2, 0.25) is 0 Å². The van der Waals surface area contributed by atoms with Crippen LogP contribution in [0.5, 0.6) is 0 Å². The summed E-state index contributed by atoms with van der Waals surface area (Å²) in [5.74, 6) is -0.416. The summed E-state index contributed by atoms with van der Waals surface area (Å²) >= 11 is 0. The van der Waals surface area contributed by atoms with Crippen LogP contribution in [0.1, 0.15) is 51.5 Å². The van der Waals surface area contributed by atoms with Crippen molar-refractivity contribution in [2.75, 3.05) is 19.8 Å². The summed E-state index contributed by atoms with van der Waals surface area (Å²) in [6, 6.07) is 10.2. The molecule has 1 saturated carbocycles. The highest BCUT2D eigenvalue weighted by molar-refractivity contribution is 5.13. The first-order valence-electron chi connectivity index (χ1n) is 9.03. The van der Waals surface area contributed by atoms with Crippen LogP contribution in [0.3, 0.4) is 0 Å². The van der Waals surface area contributed by atoms with Crippen LogP contribution in [-0.4, -0.2) is 36.3 Å². The minimum absolute atomic E-state index is 0.0641. The van der Waals surface area contributed by atoms with E-state index in [0.29, 0.717) is 26.4 Å². The third kappa shape index (κ3) is 4.57. The molecule has 1 spiro atoms. The lowest BCUT2D eigenvalue weighted by atomic mass is 9.72. The van der Waals surface area contributed by atoms with E-state index in [-0.39, 0.29) is 5.41 Å². The molecule has 3 rings (SSSR count). The van der Waals surface area contributed by atoms with Gasteiger partial charge in [-0.2, -0.15) is 0 Å².